The van der Waals surface area contributed by atoms with E-state index in [0.717, 1.165) is 36.6 Å². The van der Waals surface area contributed by atoms with E-state index in [9.17, 15) is 0 Å². The SMILES string of the molecule is CCN(CCCO)Cc1nnc(-c2cc(C)oc2C)o1. The van der Waals surface area contributed by atoms with Gasteiger partial charge in [0, 0.05) is 13.2 Å². The van der Waals surface area contributed by atoms with E-state index in [1.807, 2.05) is 19.9 Å². The molecule has 0 saturated heterocycles. The molecule has 2 aromatic heterocycles. The second-order valence-corrected chi connectivity index (χ2v) is 4.77. The highest BCUT2D eigenvalue weighted by Gasteiger charge is 2.15. The molecule has 0 spiro atoms. The van der Waals surface area contributed by atoms with E-state index in [0.29, 0.717) is 18.3 Å². The van der Waals surface area contributed by atoms with E-state index in [2.05, 4.69) is 22.0 Å². The van der Waals surface area contributed by atoms with Crippen molar-refractivity contribution in [3.63, 3.8) is 0 Å². The van der Waals surface area contributed by atoms with Gasteiger partial charge in [-0.25, -0.2) is 0 Å². The first-order chi connectivity index (χ1) is 9.63. The van der Waals surface area contributed by atoms with Crippen LogP contribution in [0.15, 0.2) is 14.9 Å². The summed E-state index contributed by atoms with van der Waals surface area (Å²) in [7, 11) is 0. The molecule has 6 nitrogen and oxygen atoms in total. The molecule has 0 aromatic carbocycles. The Labute approximate surface area is 118 Å². The van der Waals surface area contributed by atoms with Crippen molar-refractivity contribution in [1.82, 2.24) is 15.1 Å². The topological polar surface area (TPSA) is 75.5 Å². The van der Waals surface area contributed by atoms with Crippen LogP contribution in [0.1, 0.15) is 30.8 Å². The number of aromatic nitrogens is 2. The first kappa shape index (κ1) is 14.7. The molecule has 0 amide bonds. The molecule has 0 aliphatic carbocycles. The molecule has 2 heterocycles. The summed E-state index contributed by atoms with van der Waals surface area (Å²) < 4.78 is 11.2. The van der Waals surface area contributed by atoms with E-state index in [1.54, 1.807) is 0 Å². The molecule has 110 valence electrons. The van der Waals surface area contributed by atoms with Crippen LogP contribution in [0, 0.1) is 13.8 Å². The molecule has 6 heteroatoms. The third-order valence-corrected chi connectivity index (χ3v) is 3.18. The number of nitrogens with zero attached hydrogens (tertiary/aromatic N) is 3. The molecule has 0 bridgehead atoms. The van der Waals surface area contributed by atoms with E-state index in [-0.39, 0.29) is 6.61 Å². The van der Waals surface area contributed by atoms with E-state index in [4.69, 9.17) is 13.9 Å². The summed E-state index contributed by atoms with van der Waals surface area (Å²) in [5, 5.41) is 17.0. The van der Waals surface area contributed by atoms with Crippen LogP contribution in [0.3, 0.4) is 0 Å². The molecule has 0 radical (unpaired) electrons. The van der Waals surface area contributed by atoms with Crippen LogP contribution in [-0.2, 0) is 6.54 Å². The predicted molar refractivity (Wildman–Crippen MR) is 74.1 cm³/mol. The maximum Gasteiger partial charge on any atom is 0.251 e. The fourth-order valence-electron chi connectivity index (χ4n) is 2.10. The Kier molecular flexibility index (Phi) is 4.92. The first-order valence-corrected chi connectivity index (χ1v) is 6.87. The van der Waals surface area contributed by atoms with E-state index >= 15 is 0 Å². The van der Waals surface area contributed by atoms with Gasteiger partial charge in [0.1, 0.15) is 11.5 Å². The van der Waals surface area contributed by atoms with Crippen LogP contribution in [0.5, 0.6) is 0 Å². The van der Waals surface area contributed by atoms with Gasteiger partial charge < -0.3 is 13.9 Å². The summed E-state index contributed by atoms with van der Waals surface area (Å²) in [6.07, 6.45) is 0.745. The summed E-state index contributed by atoms with van der Waals surface area (Å²) in [6, 6.07) is 1.90. The van der Waals surface area contributed by atoms with Gasteiger partial charge in [0.15, 0.2) is 0 Å². The third-order valence-electron chi connectivity index (χ3n) is 3.18. The lowest BCUT2D eigenvalue weighted by Gasteiger charge is -2.17. The van der Waals surface area contributed by atoms with Gasteiger partial charge in [-0.3, -0.25) is 4.90 Å². The molecule has 2 rings (SSSR count). The number of hydrogen-bond donors (Lipinski definition) is 1. The Hall–Kier alpha value is -1.66. The van der Waals surface area contributed by atoms with Crippen LogP contribution >= 0.6 is 0 Å². The van der Waals surface area contributed by atoms with Crippen molar-refractivity contribution < 1.29 is 13.9 Å². The summed E-state index contributed by atoms with van der Waals surface area (Å²) in [5.41, 5.74) is 0.847. The zero-order chi connectivity index (χ0) is 14.5. The lowest BCUT2D eigenvalue weighted by atomic mass is 10.2. The smallest absolute Gasteiger partial charge is 0.251 e. The van der Waals surface area contributed by atoms with Crippen LogP contribution in [0.4, 0.5) is 0 Å². The summed E-state index contributed by atoms with van der Waals surface area (Å²) in [6.45, 7) is 8.32. The second-order valence-electron chi connectivity index (χ2n) is 4.77. The summed E-state index contributed by atoms with van der Waals surface area (Å²) in [5.74, 6) is 2.69. The molecule has 0 aliphatic heterocycles. The minimum absolute atomic E-state index is 0.194. The van der Waals surface area contributed by atoms with Gasteiger partial charge in [-0.15, -0.1) is 10.2 Å². The van der Waals surface area contributed by atoms with Crippen molar-refractivity contribution in [2.24, 2.45) is 0 Å². The zero-order valence-corrected chi connectivity index (χ0v) is 12.2. The second kappa shape index (κ2) is 6.67. The van der Waals surface area contributed by atoms with Gasteiger partial charge in [-0.05, 0) is 32.9 Å². The number of aryl methyl sites for hydroxylation is 2. The van der Waals surface area contributed by atoms with Crippen molar-refractivity contribution in [2.75, 3.05) is 19.7 Å². The lowest BCUT2D eigenvalue weighted by molar-refractivity contribution is 0.212. The van der Waals surface area contributed by atoms with Crippen molar-refractivity contribution >= 4 is 0 Å². The minimum Gasteiger partial charge on any atom is -0.466 e. The average Bonchev–Trinajstić information content (AvgIpc) is 3.00. The van der Waals surface area contributed by atoms with Gasteiger partial charge in [0.05, 0.1) is 12.1 Å². The summed E-state index contributed by atoms with van der Waals surface area (Å²) >= 11 is 0. The molecular formula is C14H21N3O3. The molecule has 20 heavy (non-hydrogen) atoms. The first-order valence-electron chi connectivity index (χ1n) is 6.87. The normalized spacial score (nSPS) is 11.4. The quantitative estimate of drug-likeness (QED) is 0.837. The highest BCUT2D eigenvalue weighted by Crippen LogP contribution is 2.25. The fourth-order valence-corrected chi connectivity index (χ4v) is 2.10. The van der Waals surface area contributed by atoms with Crippen LogP contribution < -0.4 is 0 Å². The zero-order valence-electron chi connectivity index (χ0n) is 12.2. The lowest BCUT2D eigenvalue weighted by Crippen LogP contribution is -2.24. The fraction of sp³-hybridized carbons (Fsp3) is 0.571. The molecule has 1 N–H and O–H groups in total. The molecule has 0 saturated carbocycles. The van der Waals surface area contributed by atoms with Gasteiger partial charge >= 0.3 is 0 Å². The van der Waals surface area contributed by atoms with Crippen molar-refractivity contribution in [1.29, 1.82) is 0 Å². The molecule has 0 unspecified atom stereocenters. The monoisotopic (exact) mass is 279 g/mol. The Morgan fingerprint density at radius 1 is 1.25 bits per heavy atom. The molecular weight excluding hydrogens is 258 g/mol. The van der Waals surface area contributed by atoms with Crippen LogP contribution in [-0.4, -0.2) is 39.9 Å². The molecule has 0 atom stereocenters. The van der Waals surface area contributed by atoms with Crippen molar-refractivity contribution in [3.8, 4) is 11.5 Å². The number of hydrogen-bond acceptors (Lipinski definition) is 6. The third kappa shape index (κ3) is 3.46. The Balaban J connectivity index is 2.07. The van der Waals surface area contributed by atoms with E-state index in [1.165, 1.54) is 0 Å². The number of furan rings is 1. The van der Waals surface area contributed by atoms with Crippen molar-refractivity contribution in [3.05, 3.63) is 23.5 Å². The Morgan fingerprint density at radius 2 is 2.05 bits per heavy atom. The average molecular weight is 279 g/mol. The summed E-state index contributed by atoms with van der Waals surface area (Å²) in [4.78, 5) is 2.15. The molecule has 0 aliphatic rings. The maximum atomic E-state index is 8.87. The van der Waals surface area contributed by atoms with Gasteiger partial charge in [-0.1, -0.05) is 6.92 Å². The largest absolute Gasteiger partial charge is 0.466 e. The van der Waals surface area contributed by atoms with Gasteiger partial charge in [0.25, 0.3) is 5.89 Å². The Morgan fingerprint density at radius 3 is 2.65 bits per heavy atom. The van der Waals surface area contributed by atoms with Gasteiger partial charge in [-0.2, -0.15) is 0 Å². The predicted octanol–water partition coefficient (Wildman–Crippen LogP) is 2.15. The molecule has 2 aromatic rings. The van der Waals surface area contributed by atoms with Crippen molar-refractivity contribution in [2.45, 2.75) is 33.7 Å². The number of aliphatic hydroxyl groups is 1. The van der Waals surface area contributed by atoms with E-state index < -0.39 is 0 Å². The molecule has 0 fully saturated rings. The highest BCUT2D eigenvalue weighted by atomic mass is 16.4. The van der Waals surface area contributed by atoms with Crippen LogP contribution in [0.25, 0.3) is 11.5 Å². The Bertz CT molecular complexity index is 548. The van der Waals surface area contributed by atoms with Gasteiger partial charge in [0.2, 0.25) is 5.89 Å². The van der Waals surface area contributed by atoms with Crippen LogP contribution in [0.2, 0.25) is 0 Å². The maximum absolute atomic E-state index is 8.87. The number of aliphatic hydroxyl groups excluding tert-OH is 1. The minimum atomic E-state index is 0.194. The number of rotatable bonds is 7. The standard InChI is InChI=1S/C14H21N3O3/c1-4-17(6-5-7-18)9-13-15-16-14(20-13)12-8-10(2)19-11(12)3/h8,18H,4-7,9H2,1-3H3. The highest BCUT2D eigenvalue weighted by molar-refractivity contribution is 5.55.